The Morgan fingerprint density at radius 1 is 1.23 bits per heavy atom. The fraction of sp³-hybridized carbons (Fsp3) is 0.545. The van der Waals surface area contributed by atoms with Gasteiger partial charge < -0.3 is 20.6 Å². The summed E-state index contributed by atoms with van der Waals surface area (Å²) in [6, 6.07) is 3.49. The monoisotopic (exact) mass is 424 g/mol. The lowest BCUT2D eigenvalue weighted by Crippen LogP contribution is -2.49. The molecule has 4 heterocycles. The minimum Gasteiger partial charge on any atom is -0.710 e. The maximum absolute atomic E-state index is 13.4. The summed E-state index contributed by atoms with van der Waals surface area (Å²) in [4.78, 5) is 21.2. The van der Waals surface area contributed by atoms with Crippen molar-refractivity contribution in [1.29, 1.82) is 0 Å². The topological polar surface area (TPSA) is 115 Å². The second-order valence-electron chi connectivity index (χ2n) is 8.76. The molecule has 0 radical (unpaired) electrons. The predicted octanol–water partition coefficient (Wildman–Crippen LogP) is 2.66. The number of carbonyl (C=O) groups is 1. The molecule has 0 bridgehead atoms. The highest BCUT2D eigenvalue weighted by atomic mass is 16.5. The van der Waals surface area contributed by atoms with Crippen molar-refractivity contribution in [2.75, 3.05) is 23.8 Å². The Labute approximate surface area is 181 Å². The SMILES string of the molecule is Cc1cc(Nc2cc(NCC3CCCO3)ncn2)[n+]([O-])c2c1C(=O)NC21CCCCC1. The molecule has 1 saturated carbocycles. The molecule has 9 heteroatoms. The molecular weight excluding hydrogens is 396 g/mol. The first-order chi connectivity index (χ1) is 15.1. The maximum atomic E-state index is 13.4. The van der Waals surface area contributed by atoms with Crippen molar-refractivity contribution in [3.8, 4) is 0 Å². The lowest BCUT2D eigenvalue weighted by molar-refractivity contribution is -0.603. The Balaban J connectivity index is 1.42. The van der Waals surface area contributed by atoms with Gasteiger partial charge in [-0.15, -0.1) is 0 Å². The van der Waals surface area contributed by atoms with E-state index in [9.17, 15) is 10.0 Å². The quantitative estimate of drug-likeness (QED) is 0.499. The lowest BCUT2D eigenvalue weighted by Gasteiger charge is -2.34. The minimum absolute atomic E-state index is 0.145. The molecule has 1 amide bonds. The molecule has 2 aromatic rings. The number of aromatic nitrogens is 3. The fourth-order valence-corrected chi connectivity index (χ4v) is 5.09. The van der Waals surface area contributed by atoms with Crippen molar-refractivity contribution in [1.82, 2.24) is 15.3 Å². The Hall–Kier alpha value is -2.94. The molecule has 1 atom stereocenters. The minimum atomic E-state index is -0.561. The molecule has 1 saturated heterocycles. The van der Waals surface area contributed by atoms with Gasteiger partial charge in [-0.2, -0.15) is 4.98 Å². The van der Waals surface area contributed by atoms with Crippen molar-refractivity contribution in [3.05, 3.63) is 40.5 Å². The van der Waals surface area contributed by atoms with Crippen LogP contribution >= 0.6 is 0 Å². The van der Waals surface area contributed by atoms with Gasteiger partial charge >= 0.3 is 0 Å². The van der Waals surface area contributed by atoms with Crippen molar-refractivity contribution in [2.45, 2.75) is 63.5 Å². The van der Waals surface area contributed by atoms with Crippen LogP contribution in [0.1, 0.15) is 66.6 Å². The summed E-state index contributed by atoms with van der Waals surface area (Å²) in [5, 5.41) is 22.9. The molecule has 1 unspecified atom stereocenters. The zero-order valence-corrected chi connectivity index (χ0v) is 17.7. The van der Waals surface area contributed by atoms with Gasteiger partial charge in [-0.05, 0) is 38.2 Å². The average molecular weight is 425 g/mol. The molecule has 1 spiro atoms. The highest BCUT2D eigenvalue weighted by molar-refractivity contribution is 6.00. The summed E-state index contributed by atoms with van der Waals surface area (Å²) in [5.74, 6) is 1.40. The van der Waals surface area contributed by atoms with Crippen LogP contribution in [0, 0.1) is 12.1 Å². The van der Waals surface area contributed by atoms with Crippen LogP contribution in [-0.4, -0.2) is 35.1 Å². The molecule has 5 rings (SSSR count). The predicted molar refractivity (Wildman–Crippen MR) is 115 cm³/mol. The summed E-state index contributed by atoms with van der Waals surface area (Å²) in [6.07, 6.45) is 8.51. The van der Waals surface area contributed by atoms with Gasteiger partial charge in [0.15, 0.2) is 0 Å². The third-order valence-corrected chi connectivity index (χ3v) is 6.60. The van der Waals surface area contributed by atoms with Crippen molar-refractivity contribution in [2.24, 2.45) is 0 Å². The number of pyridine rings is 1. The second kappa shape index (κ2) is 7.96. The van der Waals surface area contributed by atoms with Gasteiger partial charge in [-0.25, -0.2) is 15.0 Å². The first kappa shape index (κ1) is 20.0. The molecule has 2 fully saturated rings. The van der Waals surface area contributed by atoms with E-state index in [0.717, 1.165) is 61.8 Å². The Morgan fingerprint density at radius 2 is 2.03 bits per heavy atom. The molecule has 3 N–H and O–H groups in total. The summed E-state index contributed by atoms with van der Waals surface area (Å²) in [6.45, 7) is 3.37. The molecule has 2 aliphatic heterocycles. The van der Waals surface area contributed by atoms with Gasteiger partial charge in [0.1, 0.15) is 23.4 Å². The summed E-state index contributed by atoms with van der Waals surface area (Å²) < 4.78 is 6.52. The Morgan fingerprint density at radius 3 is 2.81 bits per heavy atom. The van der Waals surface area contributed by atoms with Crippen LogP contribution in [0.25, 0.3) is 0 Å². The smallest absolute Gasteiger partial charge is 0.284 e. The van der Waals surface area contributed by atoms with E-state index < -0.39 is 5.54 Å². The Bertz CT molecular complexity index is 999. The van der Waals surface area contributed by atoms with E-state index in [4.69, 9.17) is 4.74 Å². The van der Waals surface area contributed by atoms with Crippen molar-refractivity contribution < 1.29 is 14.3 Å². The molecule has 164 valence electrons. The Kier molecular flexibility index (Phi) is 5.13. The van der Waals surface area contributed by atoms with Crippen molar-refractivity contribution in [3.63, 3.8) is 0 Å². The summed E-state index contributed by atoms with van der Waals surface area (Å²) in [7, 11) is 0. The molecular formula is C22H28N6O3. The van der Waals surface area contributed by atoms with Gasteiger partial charge in [0.05, 0.1) is 11.7 Å². The lowest BCUT2D eigenvalue weighted by atomic mass is 9.79. The number of anilines is 3. The zero-order valence-electron chi connectivity index (χ0n) is 17.7. The van der Waals surface area contributed by atoms with E-state index in [1.807, 2.05) is 6.92 Å². The van der Waals surface area contributed by atoms with Crippen LogP contribution in [0.3, 0.4) is 0 Å². The third kappa shape index (κ3) is 3.67. The van der Waals surface area contributed by atoms with E-state index >= 15 is 0 Å². The van der Waals surface area contributed by atoms with Gasteiger partial charge in [0.2, 0.25) is 5.82 Å². The normalized spacial score (nSPS) is 21.7. The maximum Gasteiger partial charge on any atom is 0.284 e. The van der Waals surface area contributed by atoms with Crippen LogP contribution in [0.5, 0.6) is 0 Å². The number of ether oxygens (including phenoxy) is 1. The highest BCUT2D eigenvalue weighted by Gasteiger charge is 2.48. The number of aryl methyl sites for hydroxylation is 1. The average Bonchev–Trinajstić information content (AvgIpc) is 3.38. The molecule has 1 aliphatic carbocycles. The molecule has 31 heavy (non-hydrogen) atoms. The van der Waals surface area contributed by atoms with Crippen LogP contribution in [-0.2, 0) is 10.3 Å². The van der Waals surface area contributed by atoms with Gasteiger partial charge in [0.25, 0.3) is 11.7 Å². The standard InChI is InChI=1S/C22H28N6O3/c1-14-10-18(26-17-11-16(24-13-25-17)23-12-15-6-5-9-31-15)28(30)20-19(14)21(29)27-22(20)7-3-2-4-8-22/h10-11,13,15H,2-9,12H2,1H3,(H,27,29)(H2,23,24,25,26). The van der Waals surface area contributed by atoms with E-state index in [-0.39, 0.29) is 12.0 Å². The van der Waals surface area contributed by atoms with E-state index in [0.29, 0.717) is 35.3 Å². The number of nitrogens with zero attached hydrogens (tertiary/aromatic N) is 3. The van der Waals surface area contributed by atoms with Crippen LogP contribution in [0.15, 0.2) is 18.5 Å². The van der Waals surface area contributed by atoms with E-state index in [2.05, 4.69) is 25.9 Å². The first-order valence-electron chi connectivity index (χ1n) is 11.1. The highest BCUT2D eigenvalue weighted by Crippen LogP contribution is 2.42. The number of rotatable bonds is 5. The molecule has 9 nitrogen and oxygen atoms in total. The number of hydrogen-bond acceptors (Lipinski definition) is 7. The van der Waals surface area contributed by atoms with Crippen LogP contribution in [0.4, 0.5) is 17.5 Å². The number of fused-ring (bicyclic) bond motifs is 2. The first-order valence-corrected chi connectivity index (χ1v) is 11.1. The second-order valence-corrected chi connectivity index (χ2v) is 8.76. The van der Waals surface area contributed by atoms with Crippen LogP contribution in [0.2, 0.25) is 0 Å². The van der Waals surface area contributed by atoms with Gasteiger partial charge in [-0.1, -0.05) is 19.3 Å². The number of carbonyl (C=O) groups excluding carboxylic acids is 1. The van der Waals surface area contributed by atoms with Gasteiger partial charge in [0, 0.05) is 25.3 Å². The largest absolute Gasteiger partial charge is 0.710 e. The third-order valence-electron chi connectivity index (χ3n) is 6.60. The number of nitrogens with one attached hydrogen (secondary N) is 3. The number of amides is 1. The summed E-state index contributed by atoms with van der Waals surface area (Å²) >= 11 is 0. The molecule has 3 aliphatic rings. The van der Waals surface area contributed by atoms with Crippen molar-refractivity contribution >= 4 is 23.4 Å². The van der Waals surface area contributed by atoms with Crippen LogP contribution < -0.4 is 20.7 Å². The molecule has 0 aromatic carbocycles. The fourth-order valence-electron chi connectivity index (χ4n) is 5.09. The zero-order chi connectivity index (χ0) is 21.4. The summed E-state index contributed by atoms with van der Waals surface area (Å²) in [5.41, 5.74) is 1.29. The van der Waals surface area contributed by atoms with Gasteiger partial charge in [-0.3, -0.25) is 4.79 Å². The van der Waals surface area contributed by atoms with E-state index in [1.165, 1.54) is 6.33 Å². The van der Waals surface area contributed by atoms with E-state index in [1.54, 1.807) is 12.1 Å². The molecule has 2 aromatic heterocycles. The number of hydrogen-bond donors (Lipinski definition) is 3.